The first-order chi connectivity index (χ1) is 46.4. The average Bonchev–Trinajstić information content (AvgIpc) is 1.53. The summed E-state index contributed by atoms with van der Waals surface area (Å²) in [6, 6.07) is 94.3. The second-order valence-corrected chi connectivity index (χ2v) is 23.8. The summed E-state index contributed by atoms with van der Waals surface area (Å²) in [7, 11) is 0. The molecule has 0 aliphatic rings. The Morgan fingerprint density at radius 3 is 1.21 bits per heavy atom. The maximum Gasteiger partial charge on any atom is 0.165 e. The number of aromatic nitrogens is 8. The molecule has 0 bridgehead atoms. The van der Waals surface area contributed by atoms with E-state index < -0.39 is 0 Å². The van der Waals surface area contributed by atoms with Crippen molar-refractivity contribution in [2.75, 3.05) is 0 Å². The maximum atomic E-state index is 8.94. The van der Waals surface area contributed by atoms with Gasteiger partial charge >= 0.3 is 0 Å². The molecule has 0 unspecified atom stereocenters. The van der Waals surface area contributed by atoms with Gasteiger partial charge in [-0.05, 0) is 95.5 Å². The van der Waals surface area contributed by atoms with Crippen LogP contribution in [0.15, 0.2) is 285 Å². The number of hydrogen-bond acceptors (Lipinski definition) is 4. The Labute approximate surface area is 523 Å². The molecular formula is C83H50N8. The van der Waals surface area contributed by atoms with E-state index in [2.05, 4.69) is 248 Å². The van der Waals surface area contributed by atoms with Crippen molar-refractivity contribution in [3.8, 4) is 45.3 Å². The summed E-state index contributed by atoms with van der Waals surface area (Å²) in [5, 5.41) is 14.5. The van der Waals surface area contributed by atoms with Crippen LogP contribution in [0.25, 0.3) is 187 Å². The summed E-state index contributed by atoms with van der Waals surface area (Å²) < 4.78 is 35.6. The molecule has 13 aromatic carbocycles. The summed E-state index contributed by atoms with van der Waals surface area (Å²) >= 11 is 0. The number of para-hydroxylation sites is 5. The van der Waals surface area contributed by atoms with Crippen molar-refractivity contribution < 1.29 is 4.11 Å². The molecule has 0 saturated heterocycles. The lowest BCUT2D eigenvalue weighted by Gasteiger charge is -2.15. The van der Waals surface area contributed by atoms with Crippen LogP contribution in [-0.2, 0) is 0 Å². The minimum Gasteiger partial charge on any atom is -0.308 e. The summed E-state index contributed by atoms with van der Waals surface area (Å²) in [5.74, 6) is 1.42. The van der Waals surface area contributed by atoms with E-state index in [-0.39, 0.29) is 23.6 Å². The third-order valence-corrected chi connectivity index (χ3v) is 18.9. The van der Waals surface area contributed by atoms with E-state index in [1.54, 1.807) is 6.92 Å². The van der Waals surface area contributed by atoms with Crippen molar-refractivity contribution >= 4 is 142 Å². The molecule has 0 saturated carbocycles. The Morgan fingerprint density at radius 1 is 0.286 bits per heavy atom. The minimum absolute atomic E-state index is 0.00998. The molecule has 0 radical (unpaired) electrons. The Balaban J connectivity index is 0.000000130. The van der Waals surface area contributed by atoms with Crippen molar-refractivity contribution in [2.45, 2.75) is 6.92 Å². The zero-order valence-electron chi connectivity index (χ0n) is 52.0. The van der Waals surface area contributed by atoms with E-state index in [1.807, 2.05) is 36.4 Å². The highest BCUT2D eigenvalue weighted by atomic mass is 15.1. The van der Waals surface area contributed by atoms with Gasteiger partial charge in [-0.1, -0.05) is 218 Å². The predicted molar refractivity (Wildman–Crippen MR) is 378 cm³/mol. The molecule has 0 aliphatic carbocycles. The van der Waals surface area contributed by atoms with Crippen molar-refractivity contribution in [3.05, 3.63) is 291 Å². The van der Waals surface area contributed by atoms with Crippen molar-refractivity contribution in [1.29, 1.82) is 0 Å². The Morgan fingerprint density at radius 2 is 0.670 bits per heavy atom. The van der Waals surface area contributed by atoms with Crippen LogP contribution in [0.5, 0.6) is 0 Å². The lowest BCUT2D eigenvalue weighted by Crippen LogP contribution is -2.04. The average molecular weight is 1160 g/mol. The van der Waals surface area contributed by atoms with E-state index in [0.29, 0.717) is 22.6 Å². The zero-order chi connectivity index (χ0) is 62.2. The molecule has 0 spiro atoms. The molecule has 0 fully saturated rings. The molecule has 8 heteroatoms. The lowest BCUT2D eigenvalue weighted by molar-refractivity contribution is 1.08. The number of rotatable bonds is 5. The first-order valence-electron chi connectivity index (χ1n) is 32.3. The normalized spacial score (nSPS) is 12.7. The standard InChI is InChI=1S/C44H26N4.C39H24N4/c1-3-13-27(14-4-1)29-18-10-22-34-42(29)46-41(28-15-5-2-6-16-28)44(45-34)48-36-24-11-19-31-33-21-9-20-32-30-17-7-8-23-35(30)47(43(32)33)37-25-12-26-38(48)40(37)39(31)36;1-23-20-21-29-30(22-23)41-39(37(40-29)24-10-3-2-4-11-24)43-32-17-8-13-26-28-15-7-14-27-25-12-5-6-16-31(25)42(38(27)28)33-18-9-19-34(43)36(33)35(26)32/h1-26H;2-22H,1H3/i;20D,21D,22D. The molecule has 21 rings (SSSR count). The molecule has 8 heterocycles. The maximum absolute atomic E-state index is 8.94. The molecule has 0 aliphatic heterocycles. The smallest absolute Gasteiger partial charge is 0.165 e. The predicted octanol–water partition coefficient (Wildman–Crippen LogP) is 21.1. The van der Waals surface area contributed by atoms with Gasteiger partial charge in [-0.2, -0.15) is 0 Å². The fourth-order valence-electron chi connectivity index (χ4n) is 15.2. The van der Waals surface area contributed by atoms with Gasteiger partial charge in [-0.25, -0.2) is 19.9 Å². The van der Waals surface area contributed by atoms with E-state index in [0.717, 1.165) is 94.1 Å². The van der Waals surface area contributed by atoms with Gasteiger partial charge in [0.05, 0.1) is 81.3 Å². The van der Waals surface area contributed by atoms with Crippen molar-refractivity contribution in [1.82, 2.24) is 37.9 Å². The first kappa shape index (κ1) is 46.9. The molecule has 0 amide bonds. The largest absolute Gasteiger partial charge is 0.308 e. The fraction of sp³-hybridized carbons (Fsp3) is 0.0120. The number of hydrogen-bond donors (Lipinski definition) is 0. The van der Waals surface area contributed by atoms with Crippen LogP contribution in [0.2, 0.25) is 0 Å². The van der Waals surface area contributed by atoms with Gasteiger partial charge in [0.25, 0.3) is 0 Å². The highest BCUT2D eigenvalue weighted by molar-refractivity contribution is 6.33. The highest BCUT2D eigenvalue weighted by Crippen LogP contribution is 2.48. The summed E-state index contributed by atoms with van der Waals surface area (Å²) in [6.07, 6.45) is 0. The van der Waals surface area contributed by atoms with Gasteiger partial charge in [0, 0.05) is 70.6 Å². The summed E-state index contributed by atoms with van der Waals surface area (Å²) in [4.78, 5) is 21.2. The molecule has 422 valence electrons. The van der Waals surface area contributed by atoms with Crippen molar-refractivity contribution in [3.63, 3.8) is 0 Å². The van der Waals surface area contributed by atoms with Crippen molar-refractivity contribution in [2.24, 2.45) is 0 Å². The molecule has 0 N–H and O–H groups in total. The number of fused-ring (bicyclic) bond motifs is 12. The van der Waals surface area contributed by atoms with Crippen LogP contribution in [0.4, 0.5) is 0 Å². The van der Waals surface area contributed by atoms with Crippen LogP contribution in [0.3, 0.4) is 0 Å². The second kappa shape index (κ2) is 18.9. The Bertz CT molecular complexity index is 6770. The Kier molecular flexibility index (Phi) is 9.73. The summed E-state index contributed by atoms with van der Waals surface area (Å²) in [6.45, 7) is 1.71. The fourth-order valence-corrected chi connectivity index (χ4v) is 15.2. The van der Waals surface area contributed by atoms with E-state index in [9.17, 15) is 0 Å². The van der Waals surface area contributed by atoms with Crippen LogP contribution >= 0.6 is 0 Å². The van der Waals surface area contributed by atoms with Gasteiger partial charge in [0.15, 0.2) is 11.6 Å². The van der Waals surface area contributed by atoms with Gasteiger partial charge in [-0.3, -0.25) is 9.13 Å². The SMILES string of the molecule is [2H]c1c(C)c([2H])c2nc(-n3c4cccc5c6cccc7c8ccccc8n(c8cccc3c8c54)c67)c(-c3ccccc3)nc2c1[2H].c1ccc(-c2nc3c(-c4ccccc4)cccc3nc2-n2c3cccc4c5cccc6c7ccccc7n(c7cccc2c7c43)c56)cc1. The highest BCUT2D eigenvalue weighted by Gasteiger charge is 2.27. The quantitative estimate of drug-likeness (QED) is 0.172. The van der Waals surface area contributed by atoms with E-state index in [1.165, 1.54) is 70.5 Å². The van der Waals surface area contributed by atoms with Gasteiger partial charge in [-0.15, -0.1) is 0 Å². The van der Waals surface area contributed by atoms with E-state index in [4.69, 9.17) is 24.0 Å². The zero-order valence-corrected chi connectivity index (χ0v) is 49.0. The summed E-state index contributed by atoms with van der Waals surface area (Å²) in [5.41, 5.74) is 19.6. The molecule has 8 nitrogen and oxygen atoms in total. The van der Waals surface area contributed by atoms with Gasteiger partial charge in [0.2, 0.25) is 0 Å². The third-order valence-electron chi connectivity index (χ3n) is 18.9. The number of nitrogens with zero attached hydrogens (tertiary/aromatic N) is 8. The molecule has 8 aromatic heterocycles. The molecular weight excluding hydrogens is 1110 g/mol. The molecule has 91 heavy (non-hydrogen) atoms. The number of benzene rings is 13. The van der Waals surface area contributed by atoms with Crippen LogP contribution in [0, 0.1) is 6.92 Å². The second-order valence-electron chi connectivity index (χ2n) is 23.8. The lowest BCUT2D eigenvalue weighted by atomic mass is 10.0. The van der Waals surface area contributed by atoms with Crippen LogP contribution in [-0.4, -0.2) is 37.9 Å². The Hall–Kier alpha value is -12.3. The molecule has 0 atom stereocenters. The monoisotopic (exact) mass is 1160 g/mol. The first-order valence-corrected chi connectivity index (χ1v) is 30.8. The third kappa shape index (κ3) is 6.98. The topological polar surface area (TPSA) is 70.2 Å². The van der Waals surface area contributed by atoms with Gasteiger partial charge < -0.3 is 8.80 Å². The van der Waals surface area contributed by atoms with E-state index >= 15 is 0 Å². The van der Waals surface area contributed by atoms with Gasteiger partial charge in [0.1, 0.15) is 11.4 Å². The van der Waals surface area contributed by atoms with Crippen LogP contribution in [0.1, 0.15) is 9.68 Å². The van der Waals surface area contributed by atoms with Crippen LogP contribution < -0.4 is 0 Å². The minimum atomic E-state index is -0.0129. The molecule has 21 aromatic rings.